The fraction of sp³-hybridized carbons (Fsp3) is 0.400. The molecule has 1 N–H and O–H groups in total. The fourth-order valence-electron chi connectivity index (χ4n) is 5.96. The van der Waals surface area contributed by atoms with Crippen molar-refractivity contribution in [3.8, 4) is 5.88 Å². The number of carboxylic acids is 1. The highest BCUT2D eigenvalue weighted by molar-refractivity contribution is 7.89. The molecule has 0 bridgehead atoms. The van der Waals surface area contributed by atoms with Gasteiger partial charge in [0.25, 0.3) is 0 Å². The number of halogens is 1. The Kier molecular flexibility index (Phi) is 6.14. The second-order valence-electron chi connectivity index (χ2n) is 11.8. The summed E-state index contributed by atoms with van der Waals surface area (Å²) in [5.74, 6) is -0.935. The number of ether oxygens (including phenoxy) is 1. The van der Waals surface area contributed by atoms with E-state index in [2.05, 4.69) is 15.2 Å². The van der Waals surface area contributed by atoms with E-state index in [0.29, 0.717) is 24.4 Å². The fourth-order valence-corrected chi connectivity index (χ4v) is 7.52. The number of sulfonamides is 1. The molecule has 1 unspecified atom stereocenters. The normalized spacial score (nSPS) is 19.7. The van der Waals surface area contributed by atoms with E-state index in [1.165, 1.54) is 4.31 Å². The number of hydrogen-bond donors (Lipinski definition) is 1. The summed E-state index contributed by atoms with van der Waals surface area (Å²) in [6.45, 7) is 3.96. The second-order valence-corrected chi connectivity index (χ2v) is 13.7. The lowest BCUT2D eigenvalue weighted by molar-refractivity contribution is -0.137. The number of benzene rings is 1. The summed E-state index contributed by atoms with van der Waals surface area (Å²) in [6, 6.07) is 8.57. The molecule has 1 spiro atoms. The number of pyridine rings is 2. The topological polar surface area (TPSA) is 127 Å². The minimum atomic E-state index is -4.13. The van der Waals surface area contributed by atoms with Gasteiger partial charge in [-0.15, -0.1) is 10.2 Å². The standard InChI is InChI=1S/C30H30FN5O5S/c1-17-3-4-20(24(13-26(37)38)23-7-10-36-27(18(23)2)33-34-28(36)19-5-6-19)11-21(17)15-35-16-30(8-9-30)41-29-25(42(35,39)40)12-22(31)14-32-29/h3-4,7,10-12,14,19,24H,5-6,8-9,13,15-16H2,1-2H3,(H,37,38). The highest BCUT2D eigenvalue weighted by Gasteiger charge is 2.52. The third kappa shape index (κ3) is 4.62. The predicted molar refractivity (Wildman–Crippen MR) is 149 cm³/mol. The van der Waals surface area contributed by atoms with Gasteiger partial charge in [0.1, 0.15) is 22.1 Å². The summed E-state index contributed by atoms with van der Waals surface area (Å²) in [5, 5.41) is 18.7. The summed E-state index contributed by atoms with van der Waals surface area (Å²) in [5.41, 5.74) is 4.05. The summed E-state index contributed by atoms with van der Waals surface area (Å²) in [7, 11) is -4.13. The molecule has 0 amide bonds. The maximum Gasteiger partial charge on any atom is 0.304 e. The molecule has 10 nitrogen and oxygen atoms in total. The van der Waals surface area contributed by atoms with Gasteiger partial charge in [0, 0.05) is 30.6 Å². The first-order chi connectivity index (χ1) is 20.0. The van der Waals surface area contributed by atoms with Crippen LogP contribution in [0.2, 0.25) is 0 Å². The van der Waals surface area contributed by atoms with Gasteiger partial charge in [-0.05, 0) is 73.4 Å². The summed E-state index contributed by atoms with van der Waals surface area (Å²) in [4.78, 5) is 15.7. The van der Waals surface area contributed by atoms with Crippen LogP contribution in [0.3, 0.4) is 0 Å². The van der Waals surface area contributed by atoms with Gasteiger partial charge in [-0.1, -0.05) is 18.2 Å². The number of hydrogen-bond acceptors (Lipinski definition) is 7. The van der Waals surface area contributed by atoms with Crippen molar-refractivity contribution < 1.29 is 27.4 Å². The molecule has 7 rings (SSSR count). The maximum atomic E-state index is 14.1. The van der Waals surface area contributed by atoms with Crippen LogP contribution in [0.4, 0.5) is 4.39 Å². The number of aryl methyl sites for hydroxylation is 2. The molecule has 1 aliphatic heterocycles. The van der Waals surface area contributed by atoms with E-state index in [0.717, 1.165) is 58.7 Å². The van der Waals surface area contributed by atoms with Crippen LogP contribution in [0.5, 0.6) is 5.88 Å². The molecule has 2 saturated carbocycles. The van der Waals surface area contributed by atoms with E-state index in [4.69, 9.17) is 4.74 Å². The molecule has 218 valence electrons. The average Bonchev–Trinajstić information content (AvgIpc) is 3.88. The van der Waals surface area contributed by atoms with Crippen molar-refractivity contribution >= 4 is 21.6 Å². The van der Waals surface area contributed by atoms with Crippen molar-refractivity contribution in [2.24, 2.45) is 0 Å². The molecule has 4 heterocycles. The summed E-state index contributed by atoms with van der Waals surface area (Å²) in [6.07, 6.45) is 6.24. The van der Waals surface area contributed by atoms with Crippen LogP contribution < -0.4 is 4.74 Å². The van der Waals surface area contributed by atoms with Gasteiger partial charge in [-0.3, -0.25) is 9.20 Å². The van der Waals surface area contributed by atoms with Gasteiger partial charge in [-0.2, -0.15) is 4.31 Å². The van der Waals surface area contributed by atoms with Gasteiger partial charge in [0.05, 0.1) is 19.2 Å². The van der Waals surface area contributed by atoms with Crippen LogP contribution >= 0.6 is 0 Å². The second kappa shape index (κ2) is 9.56. The third-order valence-electron chi connectivity index (χ3n) is 8.70. The zero-order valence-corrected chi connectivity index (χ0v) is 24.1. The van der Waals surface area contributed by atoms with Crippen LogP contribution in [0.1, 0.15) is 77.6 Å². The number of aromatic nitrogens is 4. The van der Waals surface area contributed by atoms with Gasteiger partial charge in [0.15, 0.2) is 5.65 Å². The molecule has 0 radical (unpaired) electrons. The van der Waals surface area contributed by atoms with Crippen LogP contribution in [0.15, 0.2) is 47.6 Å². The molecule has 4 aromatic rings. The predicted octanol–water partition coefficient (Wildman–Crippen LogP) is 4.48. The molecule has 42 heavy (non-hydrogen) atoms. The van der Waals surface area contributed by atoms with Gasteiger partial charge >= 0.3 is 5.97 Å². The molecule has 1 aromatic carbocycles. The van der Waals surface area contributed by atoms with E-state index in [9.17, 15) is 22.7 Å². The Morgan fingerprint density at radius 2 is 1.98 bits per heavy atom. The monoisotopic (exact) mass is 591 g/mol. The Morgan fingerprint density at radius 3 is 2.69 bits per heavy atom. The summed E-state index contributed by atoms with van der Waals surface area (Å²) < 4.78 is 51.0. The smallest absolute Gasteiger partial charge is 0.304 e. The van der Waals surface area contributed by atoms with Crippen LogP contribution in [-0.2, 0) is 21.4 Å². The first-order valence-electron chi connectivity index (χ1n) is 14.0. The van der Waals surface area contributed by atoms with Gasteiger partial charge < -0.3 is 9.84 Å². The Labute approximate surface area is 242 Å². The van der Waals surface area contributed by atoms with E-state index >= 15 is 0 Å². The molecular formula is C30H30FN5O5S. The lowest BCUT2D eigenvalue weighted by atomic mass is 9.85. The number of carbonyl (C=O) groups is 1. The maximum absolute atomic E-state index is 14.1. The summed E-state index contributed by atoms with van der Waals surface area (Å²) >= 11 is 0. The molecular weight excluding hydrogens is 561 g/mol. The molecule has 2 aliphatic carbocycles. The molecule has 1 atom stereocenters. The van der Waals surface area contributed by atoms with Crippen molar-refractivity contribution in [1.29, 1.82) is 0 Å². The van der Waals surface area contributed by atoms with Crippen LogP contribution in [0.25, 0.3) is 5.65 Å². The van der Waals surface area contributed by atoms with Gasteiger partial charge in [0.2, 0.25) is 15.9 Å². The highest BCUT2D eigenvalue weighted by Crippen LogP contribution is 2.46. The Morgan fingerprint density at radius 1 is 1.19 bits per heavy atom. The molecule has 0 saturated heterocycles. The number of aliphatic carboxylic acids is 1. The zero-order chi connectivity index (χ0) is 29.4. The molecule has 12 heteroatoms. The largest absolute Gasteiger partial charge is 0.481 e. The quantitative estimate of drug-likeness (QED) is 0.333. The van der Waals surface area contributed by atoms with E-state index in [1.54, 1.807) is 0 Å². The number of nitrogens with zero attached hydrogens (tertiary/aromatic N) is 5. The Bertz CT molecular complexity index is 1870. The van der Waals surface area contributed by atoms with Crippen molar-refractivity contribution in [1.82, 2.24) is 23.9 Å². The number of carboxylic acid groups (broad SMARTS) is 1. The SMILES string of the molecule is Cc1ccc(C(CC(=O)O)c2ccn3c(C4CC4)nnc3c2C)cc1CN1CC2(CC2)Oc2ncc(F)cc2S1(=O)=O. The van der Waals surface area contributed by atoms with Crippen molar-refractivity contribution in [2.75, 3.05) is 6.54 Å². The Balaban J connectivity index is 1.27. The first-order valence-corrected chi connectivity index (χ1v) is 15.5. The molecule has 3 aromatic heterocycles. The lowest BCUT2D eigenvalue weighted by Crippen LogP contribution is -2.38. The average molecular weight is 592 g/mol. The van der Waals surface area contributed by atoms with E-state index in [-0.39, 0.29) is 30.3 Å². The minimum Gasteiger partial charge on any atom is -0.481 e. The molecule has 2 fully saturated rings. The highest BCUT2D eigenvalue weighted by atomic mass is 32.2. The van der Waals surface area contributed by atoms with E-state index in [1.807, 2.05) is 48.7 Å². The number of rotatable bonds is 7. The minimum absolute atomic E-state index is 0.0236. The van der Waals surface area contributed by atoms with Crippen molar-refractivity contribution in [2.45, 2.75) is 74.8 Å². The van der Waals surface area contributed by atoms with Crippen LogP contribution in [-0.4, -0.2) is 55.5 Å². The van der Waals surface area contributed by atoms with Gasteiger partial charge in [-0.25, -0.2) is 17.8 Å². The Hall–Kier alpha value is -3.90. The van der Waals surface area contributed by atoms with Crippen molar-refractivity contribution in [3.63, 3.8) is 0 Å². The first kappa shape index (κ1) is 27.0. The third-order valence-corrected chi connectivity index (χ3v) is 10.5. The lowest BCUT2D eigenvalue weighted by Gasteiger charge is -2.25. The van der Waals surface area contributed by atoms with Crippen LogP contribution in [0, 0.1) is 19.7 Å². The number of fused-ring (bicyclic) bond motifs is 2. The zero-order valence-electron chi connectivity index (χ0n) is 23.2. The van der Waals surface area contributed by atoms with E-state index < -0.39 is 33.3 Å². The molecule has 3 aliphatic rings. The van der Waals surface area contributed by atoms with Crippen molar-refractivity contribution in [3.05, 3.63) is 82.2 Å².